The Morgan fingerprint density at radius 3 is 2.32 bits per heavy atom. The number of carbonyl (C=O) groups excluding carboxylic acids is 1. The average Bonchev–Trinajstić information content (AvgIpc) is 2.33. The molecule has 19 heavy (non-hydrogen) atoms. The highest BCUT2D eigenvalue weighted by molar-refractivity contribution is 5.98. The molecule has 0 heterocycles. The standard InChI is InChI=1S/C14H19NO4/c1-14(2,3)15(9-12(16)17)13(18)10-7-5-6-8-11(10)19-4/h5-8H,9H2,1-4H3,(H,16,17). The van der Waals surface area contributed by atoms with Gasteiger partial charge in [-0.25, -0.2) is 0 Å². The Hall–Kier alpha value is -2.04. The molecule has 5 nitrogen and oxygen atoms in total. The molecule has 1 rings (SSSR count). The second-order valence-electron chi connectivity index (χ2n) is 5.16. The van der Waals surface area contributed by atoms with Gasteiger partial charge in [0.05, 0.1) is 12.7 Å². The van der Waals surface area contributed by atoms with E-state index < -0.39 is 11.5 Å². The molecule has 0 unspecified atom stereocenters. The number of benzene rings is 1. The second-order valence-corrected chi connectivity index (χ2v) is 5.16. The number of methoxy groups -OCH3 is 1. The van der Waals surface area contributed by atoms with E-state index >= 15 is 0 Å². The van der Waals surface area contributed by atoms with E-state index in [2.05, 4.69) is 0 Å². The largest absolute Gasteiger partial charge is 0.496 e. The van der Waals surface area contributed by atoms with E-state index in [1.54, 1.807) is 45.0 Å². The summed E-state index contributed by atoms with van der Waals surface area (Å²) in [4.78, 5) is 24.7. The van der Waals surface area contributed by atoms with Crippen molar-refractivity contribution in [3.63, 3.8) is 0 Å². The number of aliphatic carboxylic acids is 1. The van der Waals surface area contributed by atoms with Gasteiger partial charge in [-0.3, -0.25) is 9.59 Å². The first kappa shape index (κ1) is 15.0. The van der Waals surface area contributed by atoms with Crippen molar-refractivity contribution >= 4 is 11.9 Å². The Morgan fingerprint density at radius 1 is 1.26 bits per heavy atom. The number of carbonyl (C=O) groups is 2. The minimum Gasteiger partial charge on any atom is -0.496 e. The highest BCUT2D eigenvalue weighted by Gasteiger charge is 2.30. The summed E-state index contributed by atoms with van der Waals surface area (Å²) in [6.45, 7) is 5.04. The third kappa shape index (κ3) is 3.71. The van der Waals surface area contributed by atoms with Gasteiger partial charge in [-0.05, 0) is 32.9 Å². The van der Waals surface area contributed by atoms with E-state index in [0.29, 0.717) is 11.3 Å². The van der Waals surface area contributed by atoms with E-state index in [1.165, 1.54) is 12.0 Å². The first-order valence-electron chi connectivity index (χ1n) is 5.94. The SMILES string of the molecule is COc1ccccc1C(=O)N(CC(=O)O)C(C)(C)C. The van der Waals surface area contributed by atoms with Crippen LogP contribution in [-0.4, -0.2) is 41.1 Å². The van der Waals surface area contributed by atoms with Gasteiger partial charge in [-0.1, -0.05) is 12.1 Å². The molecule has 5 heteroatoms. The number of carboxylic acid groups (broad SMARTS) is 1. The normalized spacial score (nSPS) is 10.9. The summed E-state index contributed by atoms with van der Waals surface area (Å²) >= 11 is 0. The second kappa shape index (κ2) is 5.73. The zero-order valence-electron chi connectivity index (χ0n) is 11.6. The van der Waals surface area contributed by atoms with Crippen molar-refractivity contribution in [2.24, 2.45) is 0 Å². The minimum atomic E-state index is -1.04. The number of nitrogens with zero attached hydrogens (tertiary/aromatic N) is 1. The van der Waals surface area contributed by atoms with Crippen molar-refractivity contribution in [3.05, 3.63) is 29.8 Å². The molecule has 1 N–H and O–H groups in total. The van der Waals surface area contributed by atoms with Gasteiger partial charge in [-0.2, -0.15) is 0 Å². The Bertz CT molecular complexity index is 477. The van der Waals surface area contributed by atoms with Gasteiger partial charge < -0.3 is 14.7 Å². The first-order chi connectivity index (χ1) is 8.77. The fraction of sp³-hybridized carbons (Fsp3) is 0.429. The van der Waals surface area contributed by atoms with Crippen LogP contribution >= 0.6 is 0 Å². The van der Waals surface area contributed by atoms with Gasteiger partial charge in [-0.15, -0.1) is 0 Å². The number of hydrogen-bond donors (Lipinski definition) is 1. The third-order valence-corrected chi connectivity index (χ3v) is 2.69. The molecule has 1 aromatic rings. The van der Waals surface area contributed by atoms with Gasteiger partial charge in [0.25, 0.3) is 5.91 Å². The van der Waals surface area contributed by atoms with Crippen LogP contribution in [0.2, 0.25) is 0 Å². The molecule has 0 bridgehead atoms. The summed E-state index contributed by atoms with van der Waals surface area (Å²) < 4.78 is 5.14. The molecular weight excluding hydrogens is 246 g/mol. The number of rotatable bonds is 4. The van der Waals surface area contributed by atoms with Gasteiger partial charge in [0.2, 0.25) is 0 Å². The van der Waals surface area contributed by atoms with Crippen LogP contribution in [0.25, 0.3) is 0 Å². The van der Waals surface area contributed by atoms with E-state index in [-0.39, 0.29) is 12.5 Å². The van der Waals surface area contributed by atoms with Crippen LogP contribution in [0.1, 0.15) is 31.1 Å². The highest BCUT2D eigenvalue weighted by Crippen LogP contribution is 2.23. The van der Waals surface area contributed by atoms with Crippen molar-refractivity contribution in [1.29, 1.82) is 0 Å². The van der Waals surface area contributed by atoms with Crippen molar-refractivity contribution in [2.75, 3.05) is 13.7 Å². The number of amides is 1. The van der Waals surface area contributed by atoms with Crippen molar-refractivity contribution in [2.45, 2.75) is 26.3 Å². The van der Waals surface area contributed by atoms with Gasteiger partial charge >= 0.3 is 5.97 Å². The van der Waals surface area contributed by atoms with E-state index in [4.69, 9.17) is 9.84 Å². The smallest absolute Gasteiger partial charge is 0.323 e. The third-order valence-electron chi connectivity index (χ3n) is 2.69. The zero-order valence-corrected chi connectivity index (χ0v) is 11.6. The predicted molar refractivity (Wildman–Crippen MR) is 71.4 cm³/mol. The molecule has 1 aromatic carbocycles. The number of carboxylic acids is 1. The molecular formula is C14H19NO4. The summed E-state index contributed by atoms with van der Waals surface area (Å²) in [6.07, 6.45) is 0. The van der Waals surface area contributed by atoms with Crippen molar-refractivity contribution in [3.8, 4) is 5.75 Å². The Balaban J connectivity index is 3.16. The van der Waals surface area contributed by atoms with Crippen LogP contribution in [0.3, 0.4) is 0 Å². The predicted octanol–water partition coefficient (Wildman–Crippen LogP) is 2.02. The summed E-state index contributed by atoms with van der Waals surface area (Å²) in [5.41, 5.74) is -0.225. The quantitative estimate of drug-likeness (QED) is 0.904. The zero-order chi connectivity index (χ0) is 14.6. The summed E-state index contributed by atoms with van der Waals surface area (Å²) in [7, 11) is 1.48. The Morgan fingerprint density at radius 2 is 1.84 bits per heavy atom. The summed E-state index contributed by atoms with van der Waals surface area (Å²) in [5, 5.41) is 8.94. The molecule has 0 saturated carbocycles. The number of hydrogen-bond acceptors (Lipinski definition) is 3. The lowest BCUT2D eigenvalue weighted by atomic mass is 10.0. The molecule has 1 amide bonds. The number of para-hydroxylation sites is 1. The fourth-order valence-corrected chi connectivity index (χ4v) is 1.72. The molecule has 104 valence electrons. The average molecular weight is 265 g/mol. The Labute approximate surface area is 112 Å². The van der Waals surface area contributed by atoms with E-state index in [9.17, 15) is 9.59 Å². The van der Waals surface area contributed by atoms with Crippen LogP contribution < -0.4 is 4.74 Å². The maximum atomic E-state index is 12.5. The van der Waals surface area contributed by atoms with Crippen LogP contribution in [0.4, 0.5) is 0 Å². The molecule has 0 atom stereocenters. The van der Waals surface area contributed by atoms with Crippen LogP contribution in [-0.2, 0) is 4.79 Å². The molecule has 0 saturated heterocycles. The van der Waals surface area contributed by atoms with Crippen LogP contribution in [0.15, 0.2) is 24.3 Å². The summed E-state index contributed by atoms with van der Waals surface area (Å²) in [6, 6.07) is 6.78. The Kier molecular flexibility index (Phi) is 4.53. The molecule has 0 spiro atoms. The molecule has 0 aliphatic heterocycles. The molecule has 0 aliphatic carbocycles. The van der Waals surface area contributed by atoms with Gasteiger partial charge in [0.15, 0.2) is 0 Å². The molecule has 0 radical (unpaired) electrons. The topological polar surface area (TPSA) is 66.8 Å². The van der Waals surface area contributed by atoms with Gasteiger partial charge in [0.1, 0.15) is 12.3 Å². The molecule has 0 aliphatic rings. The van der Waals surface area contributed by atoms with Gasteiger partial charge in [0, 0.05) is 5.54 Å². The lowest BCUT2D eigenvalue weighted by molar-refractivity contribution is -0.138. The maximum Gasteiger partial charge on any atom is 0.323 e. The lowest BCUT2D eigenvalue weighted by Gasteiger charge is -2.34. The number of ether oxygens (including phenoxy) is 1. The van der Waals surface area contributed by atoms with Crippen molar-refractivity contribution < 1.29 is 19.4 Å². The maximum absolute atomic E-state index is 12.5. The molecule has 0 aromatic heterocycles. The van der Waals surface area contributed by atoms with E-state index in [0.717, 1.165) is 0 Å². The van der Waals surface area contributed by atoms with Crippen molar-refractivity contribution in [1.82, 2.24) is 4.90 Å². The fourth-order valence-electron chi connectivity index (χ4n) is 1.72. The molecule has 0 fully saturated rings. The van der Waals surface area contributed by atoms with Crippen LogP contribution in [0, 0.1) is 0 Å². The van der Waals surface area contributed by atoms with Crippen LogP contribution in [0.5, 0.6) is 5.75 Å². The summed E-state index contributed by atoms with van der Waals surface area (Å²) in [5.74, 6) is -0.960. The van der Waals surface area contributed by atoms with E-state index in [1.807, 2.05) is 0 Å². The monoisotopic (exact) mass is 265 g/mol. The lowest BCUT2D eigenvalue weighted by Crippen LogP contribution is -2.48. The highest BCUT2D eigenvalue weighted by atomic mass is 16.5. The minimum absolute atomic E-state index is 0.347. The first-order valence-corrected chi connectivity index (χ1v) is 5.94.